The van der Waals surface area contributed by atoms with Gasteiger partial charge in [0, 0.05) is 0 Å². The Morgan fingerprint density at radius 3 is 2.75 bits per heavy atom. The molecule has 0 aliphatic rings. The second-order valence-electron chi connectivity index (χ2n) is 3.32. The number of hydrogen-bond donors (Lipinski definition) is 0. The number of carbonyl (C=O) groups excluding carboxylic acids is 1. The van der Waals surface area contributed by atoms with Crippen LogP contribution in [0.4, 0.5) is 4.39 Å². The van der Waals surface area contributed by atoms with Crippen molar-refractivity contribution >= 4 is 6.29 Å². The summed E-state index contributed by atoms with van der Waals surface area (Å²) in [5.74, 6) is -0.342. The molecule has 1 rings (SSSR count). The molecule has 0 bridgehead atoms. The first-order valence-corrected chi connectivity index (χ1v) is 5.19. The second-order valence-corrected chi connectivity index (χ2v) is 3.32. The average Bonchev–Trinajstić information content (AvgIpc) is 2.31. The number of rotatable bonds is 6. The normalized spacial score (nSPS) is 9.94. The van der Waals surface area contributed by atoms with Crippen molar-refractivity contribution in [1.29, 1.82) is 0 Å². The maximum absolute atomic E-state index is 13.7. The summed E-state index contributed by atoms with van der Waals surface area (Å²) in [6, 6.07) is 2.89. The van der Waals surface area contributed by atoms with Gasteiger partial charge in [-0.3, -0.25) is 4.79 Å². The van der Waals surface area contributed by atoms with Gasteiger partial charge < -0.3 is 9.47 Å². The molecule has 0 aliphatic heterocycles. The van der Waals surface area contributed by atoms with Crippen molar-refractivity contribution in [2.45, 2.75) is 19.8 Å². The predicted molar refractivity (Wildman–Crippen MR) is 58.7 cm³/mol. The van der Waals surface area contributed by atoms with Crippen molar-refractivity contribution in [3.63, 3.8) is 0 Å². The smallest absolute Gasteiger partial charge is 0.197 e. The zero-order chi connectivity index (χ0) is 12.0. The summed E-state index contributed by atoms with van der Waals surface area (Å²) >= 11 is 0. The molecule has 0 atom stereocenters. The molecule has 0 aromatic heterocycles. The molecular formula is C12H15FO3. The van der Waals surface area contributed by atoms with E-state index in [9.17, 15) is 9.18 Å². The van der Waals surface area contributed by atoms with Gasteiger partial charge >= 0.3 is 0 Å². The van der Waals surface area contributed by atoms with Crippen LogP contribution in [0.5, 0.6) is 11.5 Å². The van der Waals surface area contributed by atoms with Gasteiger partial charge in [-0.1, -0.05) is 13.3 Å². The molecule has 0 saturated carbocycles. The lowest BCUT2D eigenvalue weighted by Gasteiger charge is -2.11. The summed E-state index contributed by atoms with van der Waals surface area (Å²) in [4.78, 5) is 10.6. The fraction of sp³-hybridized carbons (Fsp3) is 0.417. The van der Waals surface area contributed by atoms with Crippen LogP contribution in [-0.4, -0.2) is 20.0 Å². The maximum Gasteiger partial charge on any atom is 0.197 e. The number of unbranched alkanes of at least 4 members (excludes halogenated alkanes) is 1. The average molecular weight is 226 g/mol. The monoisotopic (exact) mass is 226 g/mol. The van der Waals surface area contributed by atoms with E-state index < -0.39 is 5.82 Å². The summed E-state index contributed by atoms with van der Waals surface area (Å²) < 4.78 is 24.0. The number of ether oxygens (including phenoxy) is 2. The first-order chi connectivity index (χ1) is 7.74. The van der Waals surface area contributed by atoms with E-state index in [1.165, 1.54) is 19.2 Å². The molecule has 0 radical (unpaired) electrons. The molecule has 0 amide bonds. The highest BCUT2D eigenvalue weighted by Gasteiger charge is 2.14. The van der Waals surface area contributed by atoms with Gasteiger partial charge in [-0.25, -0.2) is 4.39 Å². The summed E-state index contributed by atoms with van der Waals surface area (Å²) in [6.07, 6.45) is 2.24. The Bertz CT molecular complexity index is 364. The quantitative estimate of drug-likeness (QED) is 0.552. The van der Waals surface area contributed by atoms with E-state index in [4.69, 9.17) is 9.47 Å². The lowest BCUT2D eigenvalue weighted by Crippen LogP contribution is -2.03. The number of hydrogen-bond acceptors (Lipinski definition) is 3. The Labute approximate surface area is 94.2 Å². The Hall–Kier alpha value is -1.58. The zero-order valence-electron chi connectivity index (χ0n) is 9.46. The topological polar surface area (TPSA) is 35.5 Å². The Morgan fingerprint density at radius 1 is 1.44 bits per heavy atom. The number of carbonyl (C=O) groups is 1. The highest BCUT2D eigenvalue weighted by Crippen LogP contribution is 2.31. The first kappa shape index (κ1) is 12.5. The van der Waals surface area contributed by atoms with E-state index in [0.29, 0.717) is 18.6 Å². The number of methoxy groups -OCH3 is 1. The van der Waals surface area contributed by atoms with Crippen molar-refractivity contribution < 1.29 is 18.7 Å². The van der Waals surface area contributed by atoms with Crippen molar-refractivity contribution in [3.8, 4) is 11.5 Å². The molecule has 0 aliphatic carbocycles. The summed E-state index contributed by atoms with van der Waals surface area (Å²) in [7, 11) is 1.43. The second kappa shape index (κ2) is 6.10. The van der Waals surface area contributed by atoms with Crippen LogP contribution in [0.25, 0.3) is 0 Å². The van der Waals surface area contributed by atoms with Gasteiger partial charge in [0.1, 0.15) is 0 Å². The third kappa shape index (κ3) is 2.72. The molecule has 1 aromatic carbocycles. The van der Waals surface area contributed by atoms with Crippen LogP contribution in [0, 0.1) is 5.82 Å². The lowest BCUT2D eigenvalue weighted by molar-refractivity contribution is 0.111. The van der Waals surface area contributed by atoms with E-state index in [2.05, 4.69) is 0 Å². The molecule has 16 heavy (non-hydrogen) atoms. The summed E-state index contributed by atoms with van der Waals surface area (Å²) in [6.45, 7) is 2.42. The van der Waals surface area contributed by atoms with Gasteiger partial charge in [-0.2, -0.15) is 0 Å². The van der Waals surface area contributed by atoms with E-state index in [1.54, 1.807) is 0 Å². The van der Waals surface area contributed by atoms with Gasteiger partial charge in [0.15, 0.2) is 23.6 Å². The molecule has 3 nitrogen and oxygen atoms in total. The van der Waals surface area contributed by atoms with Gasteiger partial charge in [0.2, 0.25) is 0 Å². The lowest BCUT2D eigenvalue weighted by atomic mass is 10.2. The fourth-order valence-corrected chi connectivity index (χ4v) is 1.26. The fourth-order valence-electron chi connectivity index (χ4n) is 1.26. The van der Waals surface area contributed by atoms with E-state index in [1.807, 2.05) is 6.92 Å². The molecule has 0 heterocycles. The highest BCUT2D eigenvalue weighted by atomic mass is 19.1. The maximum atomic E-state index is 13.7. The minimum absolute atomic E-state index is 0.0144. The third-order valence-electron chi connectivity index (χ3n) is 2.18. The Kier molecular flexibility index (Phi) is 4.76. The molecule has 0 N–H and O–H groups in total. The molecule has 88 valence electrons. The highest BCUT2D eigenvalue weighted by molar-refractivity contribution is 5.77. The van der Waals surface area contributed by atoms with Crippen LogP contribution < -0.4 is 9.47 Å². The Morgan fingerprint density at radius 2 is 2.19 bits per heavy atom. The van der Waals surface area contributed by atoms with Crippen LogP contribution >= 0.6 is 0 Å². The Balaban J connectivity index is 2.96. The number of benzene rings is 1. The van der Waals surface area contributed by atoms with E-state index in [-0.39, 0.29) is 11.3 Å². The van der Waals surface area contributed by atoms with Gasteiger partial charge in [0.05, 0.1) is 19.3 Å². The van der Waals surface area contributed by atoms with Crippen LogP contribution in [0.1, 0.15) is 30.1 Å². The first-order valence-electron chi connectivity index (χ1n) is 5.19. The van der Waals surface area contributed by atoms with Crippen molar-refractivity contribution in [2.75, 3.05) is 13.7 Å². The molecule has 0 unspecified atom stereocenters. The van der Waals surface area contributed by atoms with E-state index in [0.717, 1.165) is 12.8 Å². The standard InChI is InChI=1S/C12H15FO3/c1-3-4-7-16-12-10(15-2)6-5-9(8-14)11(12)13/h5-6,8H,3-4,7H2,1-2H3. The van der Waals surface area contributed by atoms with Gasteiger partial charge in [-0.05, 0) is 18.6 Å². The molecule has 1 aromatic rings. The number of aldehydes is 1. The number of halogens is 1. The SMILES string of the molecule is CCCCOc1c(OC)ccc(C=O)c1F. The van der Waals surface area contributed by atoms with Crippen LogP contribution in [0.3, 0.4) is 0 Å². The van der Waals surface area contributed by atoms with Crippen LogP contribution in [0.15, 0.2) is 12.1 Å². The predicted octanol–water partition coefficient (Wildman–Crippen LogP) is 2.83. The van der Waals surface area contributed by atoms with Crippen LogP contribution in [-0.2, 0) is 0 Å². The summed E-state index contributed by atoms with van der Waals surface area (Å²) in [5.41, 5.74) is -0.0210. The minimum Gasteiger partial charge on any atom is -0.493 e. The zero-order valence-corrected chi connectivity index (χ0v) is 9.46. The van der Waals surface area contributed by atoms with Gasteiger partial charge in [-0.15, -0.1) is 0 Å². The van der Waals surface area contributed by atoms with Crippen molar-refractivity contribution in [3.05, 3.63) is 23.5 Å². The minimum atomic E-state index is -0.662. The summed E-state index contributed by atoms with van der Waals surface area (Å²) in [5, 5.41) is 0. The van der Waals surface area contributed by atoms with Crippen molar-refractivity contribution in [1.82, 2.24) is 0 Å². The molecular weight excluding hydrogens is 211 g/mol. The third-order valence-corrected chi connectivity index (χ3v) is 2.18. The molecule has 0 saturated heterocycles. The van der Waals surface area contributed by atoms with Crippen molar-refractivity contribution in [2.24, 2.45) is 0 Å². The molecule has 4 heteroatoms. The van der Waals surface area contributed by atoms with Gasteiger partial charge in [0.25, 0.3) is 0 Å². The van der Waals surface area contributed by atoms with Crippen LogP contribution in [0.2, 0.25) is 0 Å². The molecule has 0 fully saturated rings. The largest absolute Gasteiger partial charge is 0.493 e. The molecule has 0 spiro atoms. The van der Waals surface area contributed by atoms with E-state index >= 15 is 0 Å².